The van der Waals surface area contributed by atoms with Gasteiger partial charge in [-0.05, 0) is 26.8 Å². The molecule has 1 fully saturated rings. The minimum atomic E-state index is 0.319. The molecule has 1 heterocycles. The minimum Gasteiger partial charge on any atom is -0.300 e. The van der Waals surface area contributed by atoms with Crippen LogP contribution in [0.1, 0.15) is 26.7 Å². The molecule has 0 spiro atoms. The molecule has 2 nitrogen and oxygen atoms in total. The lowest BCUT2D eigenvalue weighted by Crippen LogP contribution is -2.40. The topological polar surface area (TPSA) is 20.3 Å². The molecule has 1 rings (SSSR count). The Kier molecular flexibility index (Phi) is 4.81. The van der Waals surface area contributed by atoms with Crippen molar-refractivity contribution in [3.05, 3.63) is 0 Å². The number of ketones is 1. The summed E-state index contributed by atoms with van der Waals surface area (Å²) in [4.78, 5) is 13.2. The van der Waals surface area contributed by atoms with Crippen molar-refractivity contribution in [3.8, 4) is 0 Å². The first-order valence-corrected chi connectivity index (χ1v) is 6.17. The summed E-state index contributed by atoms with van der Waals surface area (Å²) in [5.41, 5.74) is 0. The molecule has 76 valence electrons. The SMILES string of the molecule is CC(=O)CCCN1CCSCC1C. The van der Waals surface area contributed by atoms with E-state index in [0.717, 1.165) is 19.4 Å². The molecule has 0 N–H and O–H groups in total. The van der Waals surface area contributed by atoms with Crippen LogP contribution in [0.15, 0.2) is 0 Å². The molecule has 0 bridgehead atoms. The van der Waals surface area contributed by atoms with Gasteiger partial charge in [0.05, 0.1) is 0 Å². The van der Waals surface area contributed by atoms with E-state index in [1.807, 2.05) is 11.8 Å². The van der Waals surface area contributed by atoms with Crippen LogP contribution >= 0.6 is 11.8 Å². The van der Waals surface area contributed by atoms with Crippen molar-refractivity contribution in [1.29, 1.82) is 0 Å². The molecule has 0 aromatic heterocycles. The lowest BCUT2D eigenvalue weighted by Gasteiger charge is -2.32. The van der Waals surface area contributed by atoms with Gasteiger partial charge < -0.3 is 4.79 Å². The number of Topliss-reactive ketones (excluding diaryl/α,β-unsaturated/α-hetero) is 1. The predicted octanol–water partition coefficient (Wildman–Crippen LogP) is 1.79. The molecule has 1 saturated heterocycles. The number of rotatable bonds is 4. The van der Waals surface area contributed by atoms with Gasteiger partial charge >= 0.3 is 0 Å². The molecule has 1 aliphatic heterocycles. The van der Waals surface area contributed by atoms with Gasteiger partial charge in [0.1, 0.15) is 5.78 Å². The number of carbonyl (C=O) groups excluding carboxylic acids is 1. The Morgan fingerprint density at radius 1 is 1.62 bits per heavy atom. The van der Waals surface area contributed by atoms with Crippen molar-refractivity contribution < 1.29 is 4.79 Å². The number of hydrogen-bond acceptors (Lipinski definition) is 3. The lowest BCUT2D eigenvalue weighted by molar-refractivity contribution is -0.117. The molecule has 0 saturated carbocycles. The first-order valence-electron chi connectivity index (χ1n) is 5.01. The molecule has 0 aromatic rings. The maximum Gasteiger partial charge on any atom is 0.129 e. The highest BCUT2D eigenvalue weighted by Crippen LogP contribution is 2.16. The third-order valence-electron chi connectivity index (χ3n) is 2.48. The fraction of sp³-hybridized carbons (Fsp3) is 0.900. The first kappa shape index (κ1) is 11.1. The van der Waals surface area contributed by atoms with Crippen molar-refractivity contribution in [2.24, 2.45) is 0 Å². The number of hydrogen-bond donors (Lipinski definition) is 0. The second-order valence-electron chi connectivity index (χ2n) is 3.77. The van der Waals surface area contributed by atoms with Crippen molar-refractivity contribution in [1.82, 2.24) is 4.90 Å². The molecule has 3 heteroatoms. The van der Waals surface area contributed by atoms with E-state index >= 15 is 0 Å². The van der Waals surface area contributed by atoms with E-state index in [-0.39, 0.29) is 0 Å². The molecule has 1 aliphatic rings. The Labute approximate surface area is 85.1 Å². The number of thioether (sulfide) groups is 1. The van der Waals surface area contributed by atoms with Gasteiger partial charge in [0.15, 0.2) is 0 Å². The predicted molar refractivity (Wildman–Crippen MR) is 58.3 cm³/mol. The zero-order chi connectivity index (χ0) is 9.68. The highest BCUT2D eigenvalue weighted by molar-refractivity contribution is 7.99. The highest BCUT2D eigenvalue weighted by atomic mass is 32.2. The second-order valence-corrected chi connectivity index (χ2v) is 4.92. The van der Waals surface area contributed by atoms with Gasteiger partial charge in [0.25, 0.3) is 0 Å². The average Bonchev–Trinajstić information content (AvgIpc) is 2.08. The summed E-state index contributed by atoms with van der Waals surface area (Å²) in [6.07, 6.45) is 1.78. The Hall–Kier alpha value is -0.0200. The molecule has 13 heavy (non-hydrogen) atoms. The zero-order valence-electron chi connectivity index (χ0n) is 8.58. The van der Waals surface area contributed by atoms with Crippen LogP contribution in [0.5, 0.6) is 0 Å². The van der Waals surface area contributed by atoms with Gasteiger partial charge in [-0.2, -0.15) is 11.8 Å². The standard InChI is InChI=1S/C10H19NOS/c1-9-8-13-7-6-11(9)5-3-4-10(2)12/h9H,3-8H2,1-2H3. The van der Waals surface area contributed by atoms with E-state index < -0.39 is 0 Å². The van der Waals surface area contributed by atoms with E-state index in [0.29, 0.717) is 11.8 Å². The summed E-state index contributed by atoms with van der Waals surface area (Å²) in [6, 6.07) is 0.700. The van der Waals surface area contributed by atoms with E-state index in [2.05, 4.69) is 11.8 Å². The van der Waals surface area contributed by atoms with Gasteiger partial charge in [-0.15, -0.1) is 0 Å². The van der Waals surface area contributed by atoms with Crippen molar-refractivity contribution in [2.75, 3.05) is 24.6 Å². The van der Waals surface area contributed by atoms with Crippen LogP contribution in [0.25, 0.3) is 0 Å². The third-order valence-corrected chi connectivity index (χ3v) is 3.67. The molecule has 0 aliphatic carbocycles. The van der Waals surface area contributed by atoms with Crippen molar-refractivity contribution in [3.63, 3.8) is 0 Å². The van der Waals surface area contributed by atoms with Crippen LogP contribution in [0, 0.1) is 0 Å². The van der Waals surface area contributed by atoms with Crippen molar-refractivity contribution >= 4 is 17.5 Å². The first-order chi connectivity index (χ1) is 6.20. The number of nitrogens with zero attached hydrogens (tertiary/aromatic N) is 1. The van der Waals surface area contributed by atoms with E-state index in [4.69, 9.17) is 0 Å². The van der Waals surface area contributed by atoms with Gasteiger partial charge in [-0.3, -0.25) is 4.90 Å². The van der Waals surface area contributed by atoms with Gasteiger partial charge in [-0.1, -0.05) is 0 Å². The van der Waals surface area contributed by atoms with Gasteiger partial charge in [0, 0.05) is 30.5 Å². The molecule has 0 aromatic carbocycles. The summed E-state index contributed by atoms with van der Waals surface area (Å²) < 4.78 is 0. The maximum atomic E-state index is 10.7. The average molecular weight is 201 g/mol. The fourth-order valence-corrected chi connectivity index (χ4v) is 2.71. The fourth-order valence-electron chi connectivity index (χ4n) is 1.62. The van der Waals surface area contributed by atoms with Crippen LogP contribution in [-0.2, 0) is 4.79 Å². The third kappa shape index (κ3) is 4.14. The molecular weight excluding hydrogens is 182 g/mol. The lowest BCUT2D eigenvalue weighted by atomic mass is 10.2. The van der Waals surface area contributed by atoms with Crippen LogP contribution in [0.2, 0.25) is 0 Å². The van der Waals surface area contributed by atoms with Crippen LogP contribution in [0.4, 0.5) is 0 Å². The van der Waals surface area contributed by atoms with Crippen LogP contribution < -0.4 is 0 Å². The van der Waals surface area contributed by atoms with E-state index in [9.17, 15) is 4.79 Å². The maximum absolute atomic E-state index is 10.7. The minimum absolute atomic E-state index is 0.319. The van der Waals surface area contributed by atoms with Crippen LogP contribution in [0.3, 0.4) is 0 Å². The quantitative estimate of drug-likeness (QED) is 0.691. The Morgan fingerprint density at radius 2 is 2.38 bits per heavy atom. The van der Waals surface area contributed by atoms with Gasteiger partial charge in [-0.25, -0.2) is 0 Å². The van der Waals surface area contributed by atoms with E-state index in [1.165, 1.54) is 18.1 Å². The van der Waals surface area contributed by atoms with Crippen LogP contribution in [-0.4, -0.2) is 41.3 Å². The van der Waals surface area contributed by atoms with E-state index in [1.54, 1.807) is 6.92 Å². The molecular formula is C10H19NOS. The normalized spacial score (nSPS) is 24.6. The van der Waals surface area contributed by atoms with Gasteiger partial charge in [0.2, 0.25) is 0 Å². The highest BCUT2D eigenvalue weighted by Gasteiger charge is 2.17. The summed E-state index contributed by atoms with van der Waals surface area (Å²) in [5.74, 6) is 2.82. The molecule has 0 amide bonds. The molecule has 1 atom stereocenters. The Bertz CT molecular complexity index is 172. The largest absolute Gasteiger partial charge is 0.300 e. The summed E-state index contributed by atoms with van der Waals surface area (Å²) in [7, 11) is 0. The van der Waals surface area contributed by atoms with Crippen molar-refractivity contribution in [2.45, 2.75) is 32.7 Å². The molecule has 1 unspecified atom stereocenters. The Balaban J connectivity index is 2.15. The monoisotopic (exact) mass is 201 g/mol. The summed E-state index contributed by atoms with van der Waals surface area (Å²) >= 11 is 2.04. The summed E-state index contributed by atoms with van der Waals surface area (Å²) in [6.45, 7) is 6.25. The number of carbonyl (C=O) groups is 1. The smallest absolute Gasteiger partial charge is 0.129 e. The Morgan fingerprint density at radius 3 is 3.00 bits per heavy atom. The molecule has 0 radical (unpaired) electrons. The zero-order valence-corrected chi connectivity index (χ0v) is 9.40. The summed E-state index contributed by atoms with van der Waals surface area (Å²) in [5, 5.41) is 0. The second kappa shape index (κ2) is 5.66.